The van der Waals surface area contributed by atoms with Gasteiger partial charge in [0.05, 0.1) is 30.0 Å². The fraction of sp³-hybridized carbons (Fsp3) is 0.524. The quantitative estimate of drug-likeness (QED) is 0.864. The van der Waals surface area contributed by atoms with Crippen LogP contribution < -0.4 is 5.32 Å². The van der Waals surface area contributed by atoms with Crippen LogP contribution >= 0.6 is 0 Å². The standard InChI is InChI=1S/C21H26FN3O2/c22-17-9-3-5-11-19(17)25-14-15(13-23-25)21(26)24-18-10-4-6-12-20(18)27-16-7-1-2-8-16/h3,5,9,11,13-14,16,18,20H,1-2,4,6-8,10,12H2,(H,24,26). The molecule has 144 valence electrons. The Morgan fingerprint density at radius 3 is 2.67 bits per heavy atom. The maximum atomic E-state index is 13.9. The first-order valence-electron chi connectivity index (χ1n) is 9.96. The Balaban J connectivity index is 1.42. The van der Waals surface area contributed by atoms with Gasteiger partial charge in [0, 0.05) is 6.20 Å². The predicted molar refractivity (Wildman–Crippen MR) is 100 cm³/mol. The lowest BCUT2D eigenvalue weighted by Gasteiger charge is -2.34. The summed E-state index contributed by atoms with van der Waals surface area (Å²) in [4.78, 5) is 12.7. The summed E-state index contributed by atoms with van der Waals surface area (Å²) in [5.41, 5.74) is 0.764. The van der Waals surface area contributed by atoms with Gasteiger partial charge in [0.2, 0.25) is 0 Å². The summed E-state index contributed by atoms with van der Waals surface area (Å²) in [6.45, 7) is 0. The zero-order valence-electron chi connectivity index (χ0n) is 15.4. The minimum atomic E-state index is -0.370. The third-order valence-corrected chi connectivity index (χ3v) is 5.63. The molecule has 4 rings (SSSR count). The minimum Gasteiger partial charge on any atom is -0.373 e. The molecule has 1 N–H and O–H groups in total. The van der Waals surface area contributed by atoms with Crippen molar-refractivity contribution in [2.75, 3.05) is 0 Å². The van der Waals surface area contributed by atoms with Gasteiger partial charge in [0.1, 0.15) is 11.5 Å². The number of benzene rings is 1. The van der Waals surface area contributed by atoms with E-state index in [0.717, 1.165) is 38.5 Å². The monoisotopic (exact) mass is 371 g/mol. The zero-order valence-corrected chi connectivity index (χ0v) is 15.4. The normalized spacial score (nSPS) is 23.4. The van der Waals surface area contributed by atoms with E-state index in [1.54, 1.807) is 24.4 Å². The van der Waals surface area contributed by atoms with Crippen molar-refractivity contribution in [3.63, 3.8) is 0 Å². The lowest BCUT2D eigenvalue weighted by Crippen LogP contribution is -2.47. The van der Waals surface area contributed by atoms with Crippen LogP contribution in [-0.4, -0.2) is 33.9 Å². The summed E-state index contributed by atoms with van der Waals surface area (Å²) in [5.74, 6) is -0.547. The topological polar surface area (TPSA) is 56.1 Å². The predicted octanol–water partition coefficient (Wildman–Crippen LogP) is 4.01. The van der Waals surface area contributed by atoms with Gasteiger partial charge in [-0.2, -0.15) is 5.10 Å². The molecule has 0 saturated heterocycles. The van der Waals surface area contributed by atoms with Gasteiger partial charge in [0.15, 0.2) is 0 Å². The molecule has 1 amide bonds. The summed E-state index contributed by atoms with van der Waals surface area (Å²) >= 11 is 0. The van der Waals surface area contributed by atoms with Crippen LogP contribution in [-0.2, 0) is 4.74 Å². The van der Waals surface area contributed by atoms with Gasteiger partial charge < -0.3 is 10.1 Å². The van der Waals surface area contributed by atoms with Crippen LogP contribution in [0.25, 0.3) is 5.69 Å². The maximum absolute atomic E-state index is 13.9. The smallest absolute Gasteiger partial charge is 0.254 e. The van der Waals surface area contributed by atoms with Gasteiger partial charge in [-0.1, -0.05) is 37.8 Å². The lowest BCUT2D eigenvalue weighted by atomic mass is 9.92. The second-order valence-electron chi connectivity index (χ2n) is 7.57. The average Bonchev–Trinajstić information content (AvgIpc) is 3.36. The molecule has 2 aromatic rings. The van der Waals surface area contributed by atoms with Gasteiger partial charge in [0.25, 0.3) is 5.91 Å². The first-order valence-corrected chi connectivity index (χ1v) is 9.96. The molecule has 2 fully saturated rings. The van der Waals surface area contributed by atoms with Crippen LogP contribution in [0.1, 0.15) is 61.7 Å². The van der Waals surface area contributed by atoms with E-state index >= 15 is 0 Å². The number of hydrogen-bond acceptors (Lipinski definition) is 3. The second kappa shape index (κ2) is 8.21. The zero-order chi connectivity index (χ0) is 18.6. The Labute approximate surface area is 158 Å². The first-order chi connectivity index (χ1) is 13.2. The summed E-state index contributed by atoms with van der Waals surface area (Å²) in [6, 6.07) is 6.42. The summed E-state index contributed by atoms with van der Waals surface area (Å²) in [5, 5.41) is 7.28. The molecule has 2 atom stereocenters. The van der Waals surface area contributed by atoms with Crippen LogP contribution in [0.5, 0.6) is 0 Å². The van der Waals surface area contributed by atoms with Crippen molar-refractivity contribution in [3.8, 4) is 5.69 Å². The number of nitrogens with zero attached hydrogens (tertiary/aromatic N) is 2. The van der Waals surface area contributed by atoms with E-state index < -0.39 is 0 Å². The largest absolute Gasteiger partial charge is 0.373 e. The highest BCUT2D eigenvalue weighted by atomic mass is 19.1. The summed E-state index contributed by atoms with van der Waals surface area (Å²) < 4.78 is 21.6. The van der Waals surface area contributed by atoms with Gasteiger partial charge >= 0.3 is 0 Å². The van der Waals surface area contributed by atoms with Gasteiger partial charge in [-0.25, -0.2) is 9.07 Å². The van der Waals surface area contributed by atoms with Crippen molar-refractivity contribution in [3.05, 3.63) is 48.0 Å². The van der Waals surface area contributed by atoms with Gasteiger partial charge in [-0.05, 0) is 37.8 Å². The second-order valence-corrected chi connectivity index (χ2v) is 7.57. The number of nitrogens with one attached hydrogen (secondary N) is 1. The van der Waals surface area contributed by atoms with Crippen molar-refractivity contribution in [1.82, 2.24) is 15.1 Å². The fourth-order valence-electron chi connectivity index (χ4n) is 4.16. The minimum absolute atomic E-state index is 0.0312. The number of halogens is 1. The molecule has 27 heavy (non-hydrogen) atoms. The molecule has 2 aliphatic rings. The van der Waals surface area contributed by atoms with E-state index in [4.69, 9.17) is 4.74 Å². The lowest BCUT2D eigenvalue weighted by molar-refractivity contribution is -0.0419. The van der Waals surface area contributed by atoms with Crippen LogP contribution in [0.3, 0.4) is 0 Å². The summed E-state index contributed by atoms with van der Waals surface area (Å²) in [7, 11) is 0. The van der Waals surface area contributed by atoms with Crippen molar-refractivity contribution in [2.24, 2.45) is 0 Å². The van der Waals surface area contributed by atoms with E-state index in [0.29, 0.717) is 17.4 Å². The number of amides is 1. The molecule has 0 spiro atoms. The van der Waals surface area contributed by atoms with Crippen molar-refractivity contribution in [2.45, 2.75) is 69.6 Å². The molecular formula is C21H26FN3O2. The Morgan fingerprint density at radius 1 is 1.11 bits per heavy atom. The van der Waals surface area contributed by atoms with E-state index in [-0.39, 0.29) is 23.9 Å². The molecule has 2 aliphatic carbocycles. The third-order valence-electron chi connectivity index (χ3n) is 5.63. The summed E-state index contributed by atoms with van der Waals surface area (Å²) in [6.07, 6.45) is 12.4. The third kappa shape index (κ3) is 4.21. The van der Waals surface area contributed by atoms with E-state index in [1.807, 2.05) is 0 Å². The highest BCUT2D eigenvalue weighted by Gasteiger charge is 2.31. The fourth-order valence-corrected chi connectivity index (χ4v) is 4.16. The Bertz CT molecular complexity index is 785. The molecule has 1 aromatic heterocycles. The molecule has 1 heterocycles. The Kier molecular flexibility index (Phi) is 5.53. The number of hydrogen-bond donors (Lipinski definition) is 1. The maximum Gasteiger partial charge on any atom is 0.254 e. The Morgan fingerprint density at radius 2 is 1.85 bits per heavy atom. The molecule has 1 aromatic carbocycles. The highest BCUT2D eigenvalue weighted by molar-refractivity contribution is 5.94. The first kappa shape index (κ1) is 18.2. The molecule has 6 heteroatoms. The number of carbonyl (C=O) groups is 1. The molecule has 0 aliphatic heterocycles. The average molecular weight is 371 g/mol. The number of carbonyl (C=O) groups excluding carboxylic acids is 1. The SMILES string of the molecule is O=C(NC1CCCCC1OC1CCCC1)c1cnn(-c2ccccc2F)c1. The van der Waals surface area contributed by atoms with E-state index in [1.165, 1.54) is 29.8 Å². The molecular weight excluding hydrogens is 345 g/mol. The van der Waals surface area contributed by atoms with Gasteiger partial charge in [-0.15, -0.1) is 0 Å². The molecule has 0 radical (unpaired) electrons. The number of para-hydroxylation sites is 1. The highest BCUT2D eigenvalue weighted by Crippen LogP contribution is 2.28. The van der Waals surface area contributed by atoms with Crippen molar-refractivity contribution >= 4 is 5.91 Å². The van der Waals surface area contributed by atoms with Crippen molar-refractivity contribution < 1.29 is 13.9 Å². The number of aromatic nitrogens is 2. The number of rotatable bonds is 5. The van der Waals surface area contributed by atoms with Crippen LogP contribution in [0.4, 0.5) is 4.39 Å². The van der Waals surface area contributed by atoms with E-state index in [9.17, 15) is 9.18 Å². The van der Waals surface area contributed by atoms with Gasteiger partial charge in [-0.3, -0.25) is 4.79 Å². The van der Waals surface area contributed by atoms with E-state index in [2.05, 4.69) is 10.4 Å². The number of ether oxygens (including phenoxy) is 1. The van der Waals surface area contributed by atoms with Crippen LogP contribution in [0, 0.1) is 5.82 Å². The van der Waals surface area contributed by atoms with Crippen molar-refractivity contribution in [1.29, 1.82) is 0 Å². The van der Waals surface area contributed by atoms with Crippen LogP contribution in [0.15, 0.2) is 36.7 Å². The molecule has 5 nitrogen and oxygen atoms in total. The Hall–Kier alpha value is -2.21. The van der Waals surface area contributed by atoms with Crippen LogP contribution in [0.2, 0.25) is 0 Å². The molecule has 2 unspecified atom stereocenters. The molecule has 2 saturated carbocycles. The molecule has 0 bridgehead atoms.